The molecule has 1 aliphatic carbocycles. The summed E-state index contributed by atoms with van der Waals surface area (Å²) in [6, 6.07) is 8.02. The van der Waals surface area contributed by atoms with Gasteiger partial charge in [-0.05, 0) is 36.8 Å². The molecule has 0 bridgehead atoms. The van der Waals surface area contributed by atoms with Gasteiger partial charge in [0.15, 0.2) is 0 Å². The third kappa shape index (κ3) is 2.35. The Morgan fingerprint density at radius 3 is 2.87 bits per heavy atom. The van der Waals surface area contributed by atoms with Gasteiger partial charge in [0.05, 0.1) is 0 Å². The highest BCUT2D eigenvalue weighted by atomic mass is 35.5. The van der Waals surface area contributed by atoms with Gasteiger partial charge in [-0.2, -0.15) is 0 Å². The van der Waals surface area contributed by atoms with E-state index < -0.39 is 0 Å². The van der Waals surface area contributed by atoms with Crippen LogP contribution >= 0.6 is 11.6 Å². The van der Waals surface area contributed by atoms with Crippen molar-refractivity contribution in [3.63, 3.8) is 0 Å². The van der Waals surface area contributed by atoms with Crippen molar-refractivity contribution < 1.29 is 0 Å². The van der Waals surface area contributed by atoms with E-state index in [0.717, 1.165) is 17.9 Å². The maximum absolute atomic E-state index is 6.32. The van der Waals surface area contributed by atoms with Crippen molar-refractivity contribution in [3.8, 4) is 0 Å². The minimum atomic E-state index is 0.0288. The molecule has 2 heteroatoms. The Morgan fingerprint density at radius 2 is 2.20 bits per heavy atom. The molecular formula is C13H18ClN. The fourth-order valence-corrected chi connectivity index (χ4v) is 2.55. The number of rotatable bonds is 4. The van der Waals surface area contributed by atoms with Crippen molar-refractivity contribution in [2.75, 3.05) is 0 Å². The van der Waals surface area contributed by atoms with Crippen molar-refractivity contribution in [2.24, 2.45) is 11.7 Å². The van der Waals surface area contributed by atoms with Gasteiger partial charge < -0.3 is 5.73 Å². The lowest BCUT2D eigenvalue weighted by Gasteiger charge is -2.12. The van der Waals surface area contributed by atoms with Crippen LogP contribution in [0.4, 0.5) is 0 Å². The van der Waals surface area contributed by atoms with Gasteiger partial charge in [-0.3, -0.25) is 0 Å². The number of nitrogens with two attached hydrogens (primary N) is 1. The van der Waals surface area contributed by atoms with Crippen LogP contribution in [0.2, 0.25) is 5.02 Å². The molecule has 0 spiro atoms. The lowest BCUT2D eigenvalue weighted by molar-refractivity contribution is 0.556. The summed E-state index contributed by atoms with van der Waals surface area (Å²) in [5.41, 5.74) is 7.54. The van der Waals surface area contributed by atoms with Crippen LogP contribution < -0.4 is 5.73 Å². The lowest BCUT2D eigenvalue weighted by atomic mass is 10.0. The second-order valence-electron chi connectivity index (χ2n) is 4.69. The highest BCUT2D eigenvalue weighted by molar-refractivity contribution is 6.31. The van der Waals surface area contributed by atoms with E-state index in [9.17, 15) is 0 Å². The zero-order valence-electron chi connectivity index (χ0n) is 9.17. The van der Waals surface area contributed by atoms with E-state index in [1.54, 1.807) is 0 Å². The molecule has 0 aliphatic heterocycles. The zero-order valence-corrected chi connectivity index (χ0v) is 9.93. The Labute approximate surface area is 96.6 Å². The number of benzene rings is 1. The molecule has 1 nitrogen and oxygen atoms in total. The summed E-state index contributed by atoms with van der Waals surface area (Å²) in [4.78, 5) is 0. The van der Waals surface area contributed by atoms with Crippen molar-refractivity contribution in [1.82, 2.24) is 0 Å². The van der Waals surface area contributed by atoms with Gasteiger partial charge in [-0.25, -0.2) is 0 Å². The maximum Gasteiger partial charge on any atom is 0.0438 e. The van der Waals surface area contributed by atoms with Crippen LogP contribution in [0.5, 0.6) is 0 Å². The predicted molar refractivity (Wildman–Crippen MR) is 65.1 cm³/mol. The van der Waals surface area contributed by atoms with Crippen molar-refractivity contribution in [3.05, 3.63) is 34.9 Å². The van der Waals surface area contributed by atoms with E-state index in [-0.39, 0.29) is 5.54 Å². The molecule has 0 amide bonds. The SMILES string of the molecule is CCCC1CC1(N)Cc1ccccc1Cl. The van der Waals surface area contributed by atoms with E-state index in [4.69, 9.17) is 17.3 Å². The van der Waals surface area contributed by atoms with Crippen molar-refractivity contribution in [1.29, 1.82) is 0 Å². The summed E-state index contributed by atoms with van der Waals surface area (Å²) >= 11 is 6.13. The van der Waals surface area contributed by atoms with Gasteiger partial charge >= 0.3 is 0 Å². The number of halogens is 1. The van der Waals surface area contributed by atoms with E-state index in [2.05, 4.69) is 13.0 Å². The topological polar surface area (TPSA) is 26.0 Å². The van der Waals surface area contributed by atoms with Crippen LogP contribution in [0.1, 0.15) is 31.7 Å². The van der Waals surface area contributed by atoms with Crippen molar-refractivity contribution in [2.45, 2.75) is 38.1 Å². The third-order valence-electron chi connectivity index (χ3n) is 3.39. The maximum atomic E-state index is 6.32. The average molecular weight is 224 g/mol. The van der Waals surface area contributed by atoms with Gasteiger partial charge in [0.25, 0.3) is 0 Å². The third-order valence-corrected chi connectivity index (χ3v) is 3.76. The van der Waals surface area contributed by atoms with Crippen LogP contribution in [-0.2, 0) is 6.42 Å². The molecule has 1 fully saturated rings. The molecular weight excluding hydrogens is 206 g/mol. The summed E-state index contributed by atoms with van der Waals surface area (Å²) in [7, 11) is 0. The average Bonchev–Trinajstić information content (AvgIpc) is 2.82. The van der Waals surface area contributed by atoms with Crippen LogP contribution in [0.15, 0.2) is 24.3 Å². The first kappa shape index (κ1) is 11.0. The molecule has 15 heavy (non-hydrogen) atoms. The molecule has 1 aromatic carbocycles. The Kier molecular flexibility index (Phi) is 3.03. The van der Waals surface area contributed by atoms with Gasteiger partial charge in [0.2, 0.25) is 0 Å². The second kappa shape index (κ2) is 4.15. The summed E-state index contributed by atoms with van der Waals surface area (Å²) in [6.07, 6.45) is 4.57. The zero-order chi connectivity index (χ0) is 10.9. The van der Waals surface area contributed by atoms with Crippen molar-refractivity contribution >= 4 is 11.6 Å². The second-order valence-corrected chi connectivity index (χ2v) is 5.10. The summed E-state index contributed by atoms with van der Waals surface area (Å²) < 4.78 is 0. The van der Waals surface area contributed by atoms with Gasteiger partial charge in [0.1, 0.15) is 0 Å². The summed E-state index contributed by atoms with van der Waals surface area (Å²) in [6.45, 7) is 2.22. The largest absolute Gasteiger partial charge is 0.325 e. The molecule has 0 saturated heterocycles. The summed E-state index contributed by atoms with van der Waals surface area (Å²) in [5, 5.41) is 0.851. The Balaban J connectivity index is 2.02. The monoisotopic (exact) mass is 223 g/mol. The van der Waals surface area contributed by atoms with Crippen LogP contribution in [0, 0.1) is 5.92 Å². The fraction of sp³-hybridized carbons (Fsp3) is 0.538. The minimum Gasteiger partial charge on any atom is -0.325 e. The molecule has 2 unspecified atom stereocenters. The molecule has 2 atom stereocenters. The first-order valence-electron chi connectivity index (χ1n) is 5.68. The molecule has 82 valence electrons. The fourth-order valence-electron chi connectivity index (χ4n) is 2.35. The standard InChI is InChI=1S/C13H18ClN/c1-2-5-11-9-13(11,15)8-10-6-3-4-7-12(10)14/h3-4,6-7,11H,2,5,8-9,15H2,1H3. The van der Waals surface area contributed by atoms with Gasteiger partial charge in [0, 0.05) is 10.6 Å². The molecule has 1 aromatic rings. The Hall–Kier alpha value is -0.530. The molecule has 2 rings (SSSR count). The normalized spacial score (nSPS) is 29.1. The predicted octanol–water partition coefficient (Wildman–Crippen LogP) is 3.40. The highest BCUT2D eigenvalue weighted by Gasteiger charge is 2.49. The number of hydrogen-bond acceptors (Lipinski definition) is 1. The molecule has 0 heterocycles. The molecule has 0 radical (unpaired) electrons. The first-order chi connectivity index (χ1) is 7.15. The Bertz CT molecular complexity index is 350. The van der Waals surface area contributed by atoms with E-state index in [1.165, 1.54) is 18.4 Å². The summed E-state index contributed by atoms with van der Waals surface area (Å²) in [5.74, 6) is 0.707. The first-order valence-corrected chi connectivity index (χ1v) is 6.06. The molecule has 2 N–H and O–H groups in total. The minimum absolute atomic E-state index is 0.0288. The molecule has 0 aromatic heterocycles. The van der Waals surface area contributed by atoms with Crippen LogP contribution in [0.25, 0.3) is 0 Å². The van der Waals surface area contributed by atoms with Gasteiger partial charge in [-0.15, -0.1) is 0 Å². The highest BCUT2D eigenvalue weighted by Crippen LogP contribution is 2.47. The van der Waals surface area contributed by atoms with E-state index in [1.807, 2.05) is 18.2 Å². The smallest absolute Gasteiger partial charge is 0.0438 e. The van der Waals surface area contributed by atoms with Gasteiger partial charge in [-0.1, -0.05) is 43.1 Å². The molecule has 1 saturated carbocycles. The van der Waals surface area contributed by atoms with E-state index in [0.29, 0.717) is 5.92 Å². The quantitative estimate of drug-likeness (QED) is 0.832. The van der Waals surface area contributed by atoms with Crippen LogP contribution in [0.3, 0.4) is 0 Å². The van der Waals surface area contributed by atoms with E-state index >= 15 is 0 Å². The van der Waals surface area contributed by atoms with Crippen LogP contribution in [-0.4, -0.2) is 5.54 Å². The lowest BCUT2D eigenvalue weighted by Crippen LogP contribution is -2.28. The number of hydrogen-bond donors (Lipinski definition) is 1. The molecule has 1 aliphatic rings. The Morgan fingerprint density at radius 1 is 1.47 bits per heavy atom.